The lowest BCUT2D eigenvalue weighted by atomic mass is 10.2. The summed E-state index contributed by atoms with van der Waals surface area (Å²) in [6.45, 7) is 0. The molecule has 0 spiro atoms. The smallest absolute Gasteiger partial charge is 0.391 e. The van der Waals surface area contributed by atoms with Crippen LogP contribution in [0.15, 0.2) is 0 Å². The van der Waals surface area contributed by atoms with Crippen molar-refractivity contribution in [3.8, 4) is 0 Å². The minimum absolute atomic E-state index is 0.861. The molecule has 0 aromatic carbocycles. The predicted octanol–water partition coefficient (Wildman–Crippen LogP) is -1.51. The molecule has 0 amide bonds. The molecule has 70 valence electrons. The second-order valence-corrected chi connectivity index (χ2v) is 3.67. The quantitative estimate of drug-likeness (QED) is 0.402. The highest BCUT2D eigenvalue weighted by molar-refractivity contribution is 7.70. The van der Waals surface area contributed by atoms with Gasteiger partial charge in [-0.1, -0.05) is 0 Å². The number of aliphatic carboxylic acids is 1. The molecule has 0 aromatic rings. The molecule has 0 radical (unpaired) electrons. The maximum atomic E-state index is 10.5. The van der Waals surface area contributed by atoms with E-state index >= 15 is 0 Å². The van der Waals surface area contributed by atoms with Gasteiger partial charge in [-0.25, -0.2) is 0 Å². The van der Waals surface area contributed by atoms with Gasteiger partial charge in [0.05, 0.1) is 0 Å². The third kappa shape index (κ3) is 3.59. The summed E-state index contributed by atoms with van der Waals surface area (Å²) in [7, 11) is -4.83. The Morgan fingerprint density at radius 2 is 1.83 bits per heavy atom. The van der Waals surface area contributed by atoms with E-state index in [1.54, 1.807) is 0 Å². The zero-order chi connectivity index (χ0) is 9.94. The summed E-state index contributed by atoms with van der Waals surface area (Å²) in [5.74, 6) is -1.48. The lowest BCUT2D eigenvalue weighted by molar-refractivity contribution is -0.139. The lowest BCUT2D eigenvalue weighted by Crippen LogP contribution is -2.32. The molecule has 0 aliphatic rings. The topological polar surface area (TPSA) is 138 Å². The van der Waals surface area contributed by atoms with Gasteiger partial charge < -0.3 is 20.6 Å². The van der Waals surface area contributed by atoms with Gasteiger partial charge in [-0.15, -0.1) is 0 Å². The summed E-state index contributed by atoms with van der Waals surface area (Å²) < 4.78 is 10.2. The summed E-state index contributed by atoms with van der Waals surface area (Å²) in [6.07, 6.45) is -0.861. The average Bonchev–Trinajstić information content (AvgIpc) is 1.85. The first kappa shape index (κ1) is 11.2. The van der Waals surface area contributed by atoms with E-state index < -0.39 is 31.6 Å². The van der Waals surface area contributed by atoms with Crippen LogP contribution in [-0.4, -0.2) is 32.4 Å². The van der Waals surface area contributed by atoms with Crippen molar-refractivity contribution < 1.29 is 29.0 Å². The summed E-state index contributed by atoms with van der Waals surface area (Å²) in [6, 6.07) is -1.56. The summed E-state index contributed by atoms with van der Waals surface area (Å²) in [5.41, 5.74) is 3.39. The van der Waals surface area contributed by atoms with Gasteiger partial charge in [0.2, 0.25) is 5.52 Å². The fraction of sp³-hybridized carbons (Fsp3) is 0.500. The fourth-order valence-electron chi connectivity index (χ4n) is 0.394. The van der Waals surface area contributed by atoms with Crippen molar-refractivity contribution >= 4 is 19.1 Å². The highest BCUT2D eigenvalue weighted by Gasteiger charge is 2.29. The largest absolute Gasteiger partial charge is 0.480 e. The molecule has 7 nitrogen and oxygen atoms in total. The van der Waals surface area contributed by atoms with Crippen LogP contribution < -0.4 is 5.73 Å². The molecule has 1 unspecified atom stereocenters. The van der Waals surface area contributed by atoms with E-state index in [1.165, 1.54) is 0 Å². The first-order valence-corrected chi connectivity index (χ1v) is 4.43. The molecule has 5 N–H and O–H groups in total. The van der Waals surface area contributed by atoms with Gasteiger partial charge in [-0.2, -0.15) is 0 Å². The molecule has 0 aliphatic heterocycles. The number of hydrogen-bond donors (Lipinski definition) is 4. The van der Waals surface area contributed by atoms with Crippen molar-refractivity contribution in [2.24, 2.45) is 5.73 Å². The molecule has 1 atom stereocenters. The van der Waals surface area contributed by atoms with Gasteiger partial charge in [0, 0.05) is 6.42 Å². The number of rotatable bonds is 4. The maximum absolute atomic E-state index is 10.5. The zero-order valence-electron chi connectivity index (χ0n) is 5.88. The molecule has 0 saturated heterocycles. The number of carboxylic acids is 1. The molecular formula is C4H8NO6P. The molecule has 0 fully saturated rings. The highest BCUT2D eigenvalue weighted by atomic mass is 31.2. The van der Waals surface area contributed by atoms with Gasteiger partial charge in [-0.05, 0) is 0 Å². The van der Waals surface area contributed by atoms with E-state index in [4.69, 9.17) is 20.6 Å². The van der Waals surface area contributed by atoms with Crippen molar-refractivity contribution in [3.63, 3.8) is 0 Å². The van der Waals surface area contributed by atoms with Crippen LogP contribution in [0.5, 0.6) is 0 Å². The van der Waals surface area contributed by atoms with E-state index in [-0.39, 0.29) is 0 Å². The second kappa shape index (κ2) is 3.77. The van der Waals surface area contributed by atoms with E-state index in [1.807, 2.05) is 0 Å². The first-order valence-electron chi connectivity index (χ1n) is 2.82. The Morgan fingerprint density at radius 3 is 2.08 bits per heavy atom. The van der Waals surface area contributed by atoms with E-state index in [0.717, 1.165) is 0 Å². The number of nitrogens with two attached hydrogens (primary N) is 1. The Labute approximate surface area is 67.3 Å². The van der Waals surface area contributed by atoms with Gasteiger partial charge in [0.15, 0.2) is 0 Å². The SMILES string of the molecule is NC(CC(=O)P(=O)(O)O)C(=O)O. The second-order valence-electron chi connectivity index (χ2n) is 2.09. The van der Waals surface area contributed by atoms with Gasteiger partial charge >= 0.3 is 13.6 Å². The van der Waals surface area contributed by atoms with Crippen LogP contribution in [0.4, 0.5) is 0 Å². The Kier molecular flexibility index (Phi) is 3.54. The van der Waals surface area contributed by atoms with Crippen molar-refractivity contribution in [2.75, 3.05) is 0 Å². The lowest BCUT2D eigenvalue weighted by Gasteiger charge is -2.05. The van der Waals surface area contributed by atoms with E-state index in [0.29, 0.717) is 0 Å². The number of hydrogen-bond acceptors (Lipinski definition) is 4. The first-order chi connectivity index (χ1) is 5.25. The zero-order valence-corrected chi connectivity index (χ0v) is 6.77. The molecule has 0 heterocycles. The Morgan fingerprint density at radius 1 is 1.42 bits per heavy atom. The molecule has 8 heteroatoms. The average molecular weight is 197 g/mol. The van der Waals surface area contributed by atoms with Crippen LogP contribution >= 0.6 is 7.60 Å². The van der Waals surface area contributed by atoms with Crippen LogP contribution in [-0.2, 0) is 14.2 Å². The standard InChI is InChI=1S/C4H8NO6P/c5-2(4(7)8)1-3(6)12(9,10)11/h2H,1,5H2,(H,7,8)(H2,9,10,11). The van der Waals surface area contributed by atoms with Crippen LogP contribution in [0.2, 0.25) is 0 Å². The van der Waals surface area contributed by atoms with Crippen LogP contribution in [0.25, 0.3) is 0 Å². The van der Waals surface area contributed by atoms with Crippen molar-refractivity contribution in [2.45, 2.75) is 12.5 Å². The Hall–Kier alpha value is -0.750. The van der Waals surface area contributed by atoms with Crippen molar-refractivity contribution in [3.05, 3.63) is 0 Å². The molecule has 0 rings (SSSR count). The van der Waals surface area contributed by atoms with Gasteiger partial charge in [0.25, 0.3) is 0 Å². The number of carbonyl (C=O) groups is 2. The Balaban J connectivity index is 4.21. The minimum atomic E-state index is -4.83. The van der Waals surface area contributed by atoms with E-state index in [2.05, 4.69) is 0 Å². The van der Waals surface area contributed by atoms with E-state index in [9.17, 15) is 14.2 Å². The normalized spacial score (nSPS) is 13.9. The third-order valence-corrected chi connectivity index (χ3v) is 1.87. The number of carbonyl (C=O) groups excluding carboxylic acids is 1. The predicted molar refractivity (Wildman–Crippen MR) is 37.3 cm³/mol. The minimum Gasteiger partial charge on any atom is -0.480 e. The van der Waals surface area contributed by atoms with Gasteiger partial charge in [-0.3, -0.25) is 14.2 Å². The summed E-state index contributed by atoms with van der Waals surface area (Å²) in [4.78, 5) is 37.0. The van der Waals surface area contributed by atoms with Crippen molar-refractivity contribution in [1.29, 1.82) is 0 Å². The van der Waals surface area contributed by atoms with Crippen LogP contribution in [0, 0.1) is 0 Å². The van der Waals surface area contributed by atoms with Gasteiger partial charge in [0.1, 0.15) is 6.04 Å². The monoisotopic (exact) mass is 197 g/mol. The highest BCUT2D eigenvalue weighted by Crippen LogP contribution is 2.36. The molecule has 0 saturated carbocycles. The fourth-order valence-corrected chi connectivity index (χ4v) is 0.829. The van der Waals surface area contributed by atoms with Crippen LogP contribution in [0.1, 0.15) is 6.42 Å². The molecule has 0 aromatic heterocycles. The van der Waals surface area contributed by atoms with Crippen LogP contribution in [0.3, 0.4) is 0 Å². The molecule has 0 aliphatic carbocycles. The number of carboxylic acid groups (broad SMARTS) is 1. The summed E-state index contributed by atoms with van der Waals surface area (Å²) in [5, 5.41) is 8.17. The maximum Gasteiger partial charge on any atom is 0.391 e. The third-order valence-electron chi connectivity index (χ3n) is 1.04. The molecule has 12 heavy (non-hydrogen) atoms. The summed E-state index contributed by atoms with van der Waals surface area (Å²) >= 11 is 0. The molecule has 0 bridgehead atoms. The van der Waals surface area contributed by atoms with Crippen molar-refractivity contribution in [1.82, 2.24) is 0 Å². The molecular weight excluding hydrogens is 189 g/mol. The Bertz CT molecular complexity index is 244.